The number of aryl methyl sites for hydroxylation is 1. The minimum absolute atomic E-state index is 0.116. The van der Waals surface area contributed by atoms with E-state index in [-0.39, 0.29) is 17.1 Å². The van der Waals surface area contributed by atoms with E-state index >= 15 is 0 Å². The van der Waals surface area contributed by atoms with Crippen molar-refractivity contribution in [3.8, 4) is 0 Å². The summed E-state index contributed by atoms with van der Waals surface area (Å²) in [6.45, 7) is 2.27. The lowest BCUT2D eigenvalue weighted by Crippen LogP contribution is -2.49. The summed E-state index contributed by atoms with van der Waals surface area (Å²) in [6, 6.07) is 12.9. The molecule has 3 aromatic rings. The van der Waals surface area contributed by atoms with Crippen LogP contribution in [-0.4, -0.2) is 39.7 Å². The number of likely N-dealkylation sites (tertiary alicyclic amines) is 1. The molecule has 1 amide bonds. The van der Waals surface area contributed by atoms with Crippen LogP contribution in [0.1, 0.15) is 21.5 Å². The highest BCUT2D eigenvalue weighted by atomic mass is 35.5. The highest BCUT2D eigenvalue weighted by Crippen LogP contribution is 2.18. The molecule has 1 aliphatic rings. The van der Waals surface area contributed by atoms with Crippen LogP contribution in [-0.2, 0) is 20.1 Å². The van der Waals surface area contributed by atoms with Crippen molar-refractivity contribution in [1.82, 2.24) is 14.8 Å². The number of nitrogens with one attached hydrogen (secondary N) is 1. The summed E-state index contributed by atoms with van der Waals surface area (Å²) in [5.41, 5.74) is 2.50. The molecule has 6 nitrogen and oxygen atoms in total. The highest BCUT2D eigenvalue weighted by Gasteiger charge is 2.24. The molecular formula is C22H22ClN3O3. The number of aromatic nitrogens is 1. The van der Waals surface area contributed by atoms with Crippen molar-refractivity contribution in [2.75, 3.05) is 13.1 Å². The lowest BCUT2D eigenvalue weighted by atomic mass is 10.1. The van der Waals surface area contributed by atoms with Crippen LogP contribution in [0.25, 0.3) is 10.9 Å². The van der Waals surface area contributed by atoms with E-state index in [9.17, 15) is 14.7 Å². The Morgan fingerprint density at radius 1 is 1.17 bits per heavy atom. The largest absolute Gasteiger partial charge is 0.390 e. The number of pyridine rings is 1. The number of amides is 1. The summed E-state index contributed by atoms with van der Waals surface area (Å²) in [7, 11) is 1.82. The zero-order valence-electron chi connectivity index (χ0n) is 16.1. The molecule has 4 rings (SSSR count). The molecule has 0 radical (unpaired) electrons. The fourth-order valence-corrected chi connectivity index (χ4v) is 3.74. The van der Waals surface area contributed by atoms with Crippen LogP contribution in [0.3, 0.4) is 0 Å². The fraction of sp³-hybridized carbons (Fsp3) is 0.273. The maximum atomic E-state index is 13.0. The number of aliphatic hydroxyl groups is 1. The lowest BCUT2D eigenvalue weighted by molar-refractivity contribution is -0.00284. The van der Waals surface area contributed by atoms with Crippen LogP contribution in [0.5, 0.6) is 0 Å². The third-order valence-electron chi connectivity index (χ3n) is 5.21. The van der Waals surface area contributed by atoms with Gasteiger partial charge >= 0.3 is 0 Å². The molecule has 0 bridgehead atoms. The van der Waals surface area contributed by atoms with Crippen LogP contribution in [0.4, 0.5) is 0 Å². The van der Waals surface area contributed by atoms with Crippen molar-refractivity contribution in [3.63, 3.8) is 0 Å². The standard InChI is InChI=1S/C22H22ClN3O3/c1-25-13-19(22(29)24-9-14-2-5-16(23)6-3-14)21(28)18-8-15(4-7-20(18)25)10-26-11-17(27)12-26/h2-8,13,17,27H,9-12H2,1H3,(H,24,29). The molecule has 1 aliphatic heterocycles. The van der Waals surface area contributed by atoms with E-state index in [1.54, 1.807) is 22.9 Å². The van der Waals surface area contributed by atoms with Gasteiger partial charge in [-0.2, -0.15) is 0 Å². The topological polar surface area (TPSA) is 74.6 Å². The van der Waals surface area contributed by atoms with Crippen molar-refractivity contribution >= 4 is 28.4 Å². The Labute approximate surface area is 173 Å². The summed E-state index contributed by atoms with van der Waals surface area (Å²) in [4.78, 5) is 27.8. The minimum Gasteiger partial charge on any atom is -0.390 e. The van der Waals surface area contributed by atoms with Gasteiger partial charge in [-0.3, -0.25) is 14.5 Å². The number of aliphatic hydroxyl groups excluding tert-OH is 1. The van der Waals surface area contributed by atoms with Crippen LogP contribution < -0.4 is 10.7 Å². The Kier molecular flexibility index (Phi) is 5.41. The van der Waals surface area contributed by atoms with Gasteiger partial charge < -0.3 is 15.0 Å². The second kappa shape index (κ2) is 7.99. The molecule has 0 saturated carbocycles. The zero-order valence-corrected chi connectivity index (χ0v) is 16.8. The Hall–Kier alpha value is -2.67. The van der Waals surface area contributed by atoms with Crippen molar-refractivity contribution in [2.24, 2.45) is 7.05 Å². The first-order valence-corrected chi connectivity index (χ1v) is 9.84. The fourth-order valence-electron chi connectivity index (χ4n) is 3.61. The van der Waals surface area contributed by atoms with E-state index in [2.05, 4.69) is 10.2 Å². The van der Waals surface area contributed by atoms with Gasteiger partial charge in [-0.05, 0) is 35.4 Å². The Bertz CT molecular complexity index is 1120. The summed E-state index contributed by atoms with van der Waals surface area (Å²) in [5, 5.41) is 13.4. The van der Waals surface area contributed by atoms with E-state index in [1.807, 2.05) is 37.4 Å². The molecule has 0 unspecified atom stereocenters. The van der Waals surface area contributed by atoms with Crippen molar-refractivity contribution in [2.45, 2.75) is 19.2 Å². The first kappa shape index (κ1) is 19.6. The minimum atomic E-state index is -0.404. The third kappa shape index (κ3) is 4.19. The van der Waals surface area contributed by atoms with Gasteiger partial charge in [-0.25, -0.2) is 0 Å². The Balaban J connectivity index is 1.58. The second-order valence-corrected chi connectivity index (χ2v) is 7.93. The van der Waals surface area contributed by atoms with Crippen molar-refractivity contribution in [3.05, 3.63) is 80.6 Å². The van der Waals surface area contributed by atoms with E-state index in [0.717, 1.165) is 16.6 Å². The summed E-state index contributed by atoms with van der Waals surface area (Å²) in [5.74, 6) is -0.404. The summed E-state index contributed by atoms with van der Waals surface area (Å²) in [6.07, 6.45) is 1.31. The predicted molar refractivity (Wildman–Crippen MR) is 113 cm³/mol. The van der Waals surface area contributed by atoms with Gasteiger partial charge in [-0.15, -0.1) is 0 Å². The maximum absolute atomic E-state index is 13.0. The van der Waals surface area contributed by atoms with Gasteiger partial charge in [0.2, 0.25) is 5.43 Å². The molecule has 0 atom stereocenters. The van der Waals surface area contributed by atoms with Gasteiger partial charge in [0.1, 0.15) is 5.56 Å². The monoisotopic (exact) mass is 411 g/mol. The Morgan fingerprint density at radius 3 is 2.55 bits per heavy atom. The third-order valence-corrected chi connectivity index (χ3v) is 5.46. The molecule has 1 aromatic heterocycles. The molecule has 29 heavy (non-hydrogen) atoms. The Morgan fingerprint density at radius 2 is 1.86 bits per heavy atom. The molecule has 2 N–H and O–H groups in total. The number of halogens is 1. The van der Waals surface area contributed by atoms with Gasteiger partial charge in [0.15, 0.2) is 0 Å². The quantitative estimate of drug-likeness (QED) is 0.675. The molecule has 2 aromatic carbocycles. The van der Waals surface area contributed by atoms with Crippen LogP contribution in [0.2, 0.25) is 5.02 Å². The number of fused-ring (bicyclic) bond motifs is 1. The molecule has 0 aliphatic carbocycles. The maximum Gasteiger partial charge on any atom is 0.257 e. The number of hydrogen-bond acceptors (Lipinski definition) is 4. The number of rotatable bonds is 5. The number of hydrogen-bond donors (Lipinski definition) is 2. The number of nitrogens with zero attached hydrogens (tertiary/aromatic N) is 2. The van der Waals surface area contributed by atoms with Crippen LogP contribution >= 0.6 is 11.6 Å². The summed E-state index contributed by atoms with van der Waals surface area (Å²) < 4.78 is 1.80. The van der Waals surface area contributed by atoms with Crippen molar-refractivity contribution < 1.29 is 9.90 Å². The van der Waals surface area contributed by atoms with E-state index in [0.29, 0.717) is 36.6 Å². The second-order valence-electron chi connectivity index (χ2n) is 7.49. The molecule has 1 fully saturated rings. The average Bonchev–Trinajstić information content (AvgIpc) is 2.69. The molecular weight excluding hydrogens is 390 g/mol. The molecule has 150 valence electrons. The summed E-state index contributed by atoms with van der Waals surface area (Å²) >= 11 is 5.88. The molecule has 7 heteroatoms. The molecule has 0 spiro atoms. The first-order chi connectivity index (χ1) is 13.9. The SMILES string of the molecule is Cn1cc(C(=O)NCc2ccc(Cl)cc2)c(=O)c2cc(CN3CC(O)C3)ccc21. The van der Waals surface area contributed by atoms with E-state index in [1.165, 1.54) is 0 Å². The smallest absolute Gasteiger partial charge is 0.257 e. The number of carbonyl (C=O) groups excluding carboxylic acids is 1. The molecule has 1 saturated heterocycles. The predicted octanol–water partition coefficient (Wildman–Crippen LogP) is 2.30. The van der Waals surface area contributed by atoms with Crippen LogP contribution in [0, 0.1) is 0 Å². The van der Waals surface area contributed by atoms with Gasteiger partial charge in [0.25, 0.3) is 5.91 Å². The van der Waals surface area contributed by atoms with E-state index < -0.39 is 5.91 Å². The highest BCUT2D eigenvalue weighted by molar-refractivity contribution is 6.30. The van der Waals surface area contributed by atoms with Crippen molar-refractivity contribution in [1.29, 1.82) is 0 Å². The number of benzene rings is 2. The number of β-amino-alcohol motifs (C(OH)–C–C–N with tert-alkyl or cyclic N) is 1. The first-order valence-electron chi connectivity index (χ1n) is 9.46. The van der Waals surface area contributed by atoms with Gasteiger partial charge in [-0.1, -0.05) is 29.8 Å². The number of carbonyl (C=O) groups is 1. The normalized spacial score (nSPS) is 14.7. The lowest BCUT2D eigenvalue weighted by Gasteiger charge is -2.35. The van der Waals surface area contributed by atoms with E-state index in [4.69, 9.17) is 11.6 Å². The zero-order chi connectivity index (χ0) is 20.5. The molecule has 2 heterocycles. The van der Waals surface area contributed by atoms with Gasteiger partial charge in [0, 0.05) is 49.8 Å². The van der Waals surface area contributed by atoms with Crippen LogP contribution in [0.15, 0.2) is 53.5 Å². The van der Waals surface area contributed by atoms with Gasteiger partial charge in [0.05, 0.1) is 11.6 Å². The average molecular weight is 412 g/mol.